The molecule has 1 aliphatic rings. The summed E-state index contributed by atoms with van der Waals surface area (Å²) in [6, 6.07) is 3.14. The van der Waals surface area contributed by atoms with E-state index in [0.717, 1.165) is 0 Å². The number of carboxylic acid groups (broad SMARTS) is 1. The van der Waals surface area contributed by atoms with E-state index in [1.165, 1.54) is 12.3 Å². The van der Waals surface area contributed by atoms with E-state index in [-0.39, 0.29) is 17.6 Å². The van der Waals surface area contributed by atoms with Gasteiger partial charge in [-0.2, -0.15) is 0 Å². The summed E-state index contributed by atoms with van der Waals surface area (Å²) >= 11 is 0. The second-order valence-electron chi connectivity index (χ2n) is 3.58. The molecule has 0 bridgehead atoms. The first-order valence-corrected chi connectivity index (χ1v) is 4.88. The lowest BCUT2D eigenvalue weighted by atomic mass is 10.2. The molecule has 6 heteroatoms. The van der Waals surface area contributed by atoms with E-state index in [2.05, 4.69) is 15.6 Å². The van der Waals surface area contributed by atoms with Crippen LogP contribution in [0.25, 0.3) is 0 Å². The number of carbonyl (C=O) groups excluding carboxylic acids is 1. The van der Waals surface area contributed by atoms with Crippen molar-refractivity contribution in [2.75, 3.05) is 11.9 Å². The van der Waals surface area contributed by atoms with Gasteiger partial charge in [0.25, 0.3) is 0 Å². The minimum Gasteiger partial charge on any atom is -0.477 e. The SMILES string of the molecule is O=C1CC(Nc2ccnc(C(=O)O)c2)CN1. The average Bonchev–Trinajstić information content (AvgIpc) is 2.64. The van der Waals surface area contributed by atoms with Crippen molar-refractivity contribution in [2.24, 2.45) is 0 Å². The lowest BCUT2D eigenvalue weighted by molar-refractivity contribution is -0.119. The first-order chi connectivity index (χ1) is 7.65. The molecule has 0 aromatic carbocycles. The molecule has 1 atom stereocenters. The summed E-state index contributed by atoms with van der Waals surface area (Å²) in [5.74, 6) is -1.06. The van der Waals surface area contributed by atoms with E-state index in [9.17, 15) is 9.59 Å². The Bertz CT molecular complexity index is 433. The Hall–Kier alpha value is -2.11. The number of hydrogen-bond donors (Lipinski definition) is 3. The van der Waals surface area contributed by atoms with Gasteiger partial charge in [0.1, 0.15) is 5.69 Å². The lowest BCUT2D eigenvalue weighted by Gasteiger charge is -2.11. The van der Waals surface area contributed by atoms with Gasteiger partial charge in [0.2, 0.25) is 5.91 Å². The molecule has 2 rings (SSSR count). The number of hydrogen-bond acceptors (Lipinski definition) is 4. The molecule has 1 saturated heterocycles. The summed E-state index contributed by atoms with van der Waals surface area (Å²) in [7, 11) is 0. The van der Waals surface area contributed by atoms with Crippen molar-refractivity contribution in [2.45, 2.75) is 12.5 Å². The summed E-state index contributed by atoms with van der Waals surface area (Å²) < 4.78 is 0. The Balaban J connectivity index is 2.07. The topological polar surface area (TPSA) is 91.3 Å². The third-order valence-electron chi connectivity index (χ3n) is 2.33. The first-order valence-electron chi connectivity index (χ1n) is 4.88. The predicted octanol–water partition coefficient (Wildman–Crippen LogP) is 0.0802. The summed E-state index contributed by atoms with van der Waals surface area (Å²) in [5.41, 5.74) is 0.649. The fraction of sp³-hybridized carbons (Fsp3) is 0.300. The third kappa shape index (κ3) is 2.28. The maximum atomic E-state index is 11.0. The summed E-state index contributed by atoms with van der Waals surface area (Å²) in [5, 5.41) is 14.5. The van der Waals surface area contributed by atoms with E-state index in [1.807, 2.05) is 0 Å². The van der Waals surface area contributed by atoms with E-state index in [4.69, 9.17) is 5.11 Å². The van der Waals surface area contributed by atoms with Crippen LogP contribution in [0.15, 0.2) is 18.3 Å². The number of pyridine rings is 1. The van der Waals surface area contributed by atoms with Gasteiger partial charge in [-0.25, -0.2) is 9.78 Å². The van der Waals surface area contributed by atoms with Gasteiger partial charge in [-0.05, 0) is 12.1 Å². The van der Waals surface area contributed by atoms with Crippen LogP contribution in [0.5, 0.6) is 0 Å². The van der Waals surface area contributed by atoms with Crippen molar-refractivity contribution >= 4 is 17.6 Å². The molecule has 1 aromatic heterocycles. The number of carbonyl (C=O) groups is 2. The third-order valence-corrected chi connectivity index (χ3v) is 2.33. The van der Waals surface area contributed by atoms with Gasteiger partial charge < -0.3 is 15.7 Å². The number of anilines is 1. The molecule has 0 aliphatic carbocycles. The van der Waals surface area contributed by atoms with Crippen LogP contribution in [-0.4, -0.2) is 34.6 Å². The van der Waals surface area contributed by atoms with Gasteiger partial charge >= 0.3 is 5.97 Å². The van der Waals surface area contributed by atoms with E-state index in [0.29, 0.717) is 18.7 Å². The highest BCUT2D eigenvalue weighted by atomic mass is 16.4. The summed E-state index contributed by atoms with van der Waals surface area (Å²) in [6.45, 7) is 0.559. The van der Waals surface area contributed by atoms with Crippen LogP contribution in [0, 0.1) is 0 Å². The fourth-order valence-corrected chi connectivity index (χ4v) is 1.58. The molecular formula is C10H11N3O3. The Morgan fingerprint density at radius 3 is 3.06 bits per heavy atom. The Morgan fingerprint density at radius 1 is 1.62 bits per heavy atom. The zero-order chi connectivity index (χ0) is 11.5. The fourth-order valence-electron chi connectivity index (χ4n) is 1.58. The maximum absolute atomic E-state index is 11.0. The highest BCUT2D eigenvalue weighted by Crippen LogP contribution is 2.12. The zero-order valence-electron chi connectivity index (χ0n) is 8.43. The van der Waals surface area contributed by atoms with Crippen molar-refractivity contribution in [3.8, 4) is 0 Å². The molecule has 1 aromatic rings. The second kappa shape index (κ2) is 4.18. The van der Waals surface area contributed by atoms with Crippen LogP contribution < -0.4 is 10.6 Å². The Labute approximate surface area is 91.7 Å². The number of carboxylic acids is 1. The molecular weight excluding hydrogens is 210 g/mol. The molecule has 84 valence electrons. The summed E-state index contributed by atoms with van der Waals surface area (Å²) in [4.78, 5) is 25.4. The van der Waals surface area contributed by atoms with Crippen molar-refractivity contribution < 1.29 is 14.7 Å². The molecule has 6 nitrogen and oxygen atoms in total. The predicted molar refractivity (Wildman–Crippen MR) is 56.2 cm³/mol. The van der Waals surface area contributed by atoms with E-state index >= 15 is 0 Å². The maximum Gasteiger partial charge on any atom is 0.354 e. The van der Waals surface area contributed by atoms with Crippen molar-refractivity contribution in [1.82, 2.24) is 10.3 Å². The quantitative estimate of drug-likeness (QED) is 0.672. The van der Waals surface area contributed by atoms with Gasteiger partial charge in [-0.3, -0.25) is 4.79 Å². The van der Waals surface area contributed by atoms with Gasteiger partial charge in [-0.1, -0.05) is 0 Å². The molecule has 0 radical (unpaired) electrons. The molecule has 2 heterocycles. The normalized spacial score (nSPS) is 19.2. The molecule has 1 amide bonds. The molecule has 0 saturated carbocycles. The van der Waals surface area contributed by atoms with Crippen molar-refractivity contribution in [3.63, 3.8) is 0 Å². The number of amides is 1. The standard InChI is InChI=1S/C10H11N3O3/c14-9-4-7(5-12-9)13-6-1-2-11-8(3-6)10(15)16/h1-3,7H,4-5H2,(H,11,13)(H,12,14)(H,15,16). The lowest BCUT2D eigenvalue weighted by Crippen LogP contribution is -2.22. The van der Waals surface area contributed by atoms with E-state index in [1.54, 1.807) is 6.07 Å². The van der Waals surface area contributed by atoms with Gasteiger partial charge in [0, 0.05) is 24.8 Å². The first kappa shape index (κ1) is 10.4. The van der Waals surface area contributed by atoms with E-state index < -0.39 is 5.97 Å². The molecule has 1 fully saturated rings. The van der Waals surface area contributed by atoms with Gasteiger partial charge in [-0.15, -0.1) is 0 Å². The van der Waals surface area contributed by atoms with Crippen LogP contribution in [0.2, 0.25) is 0 Å². The minimum absolute atomic E-state index is 0.00464. The highest BCUT2D eigenvalue weighted by molar-refractivity contribution is 5.86. The van der Waals surface area contributed by atoms with Crippen LogP contribution in [0.4, 0.5) is 5.69 Å². The number of rotatable bonds is 3. The molecule has 1 unspecified atom stereocenters. The Kier molecular flexibility index (Phi) is 2.72. The number of aromatic carboxylic acids is 1. The van der Waals surface area contributed by atoms with Gasteiger partial charge in [0.05, 0.1) is 6.04 Å². The van der Waals surface area contributed by atoms with Crippen LogP contribution in [-0.2, 0) is 4.79 Å². The van der Waals surface area contributed by atoms with Crippen molar-refractivity contribution in [3.05, 3.63) is 24.0 Å². The average molecular weight is 221 g/mol. The molecule has 16 heavy (non-hydrogen) atoms. The van der Waals surface area contributed by atoms with Gasteiger partial charge in [0.15, 0.2) is 0 Å². The highest BCUT2D eigenvalue weighted by Gasteiger charge is 2.21. The number of nitrogens with zero attached hydrogens (tertiary/aromatic N) is 1. The number of nitrogens with one attached hydrogen (secondary N) is 2. The smallest absolute Gasteiger partial charge is 0.354 e. The molecule has 3 N–H and O–H groups in total. The zero-order valence-corrected chi connectivity index (χ0v) is 8.43. The van der Waals surface area contributed by atoms with Crippen molar-refractivity contribution in [1.29, 1.82) is 0 Å². The molecule has 0 spiro atoms. The molecule has 1 aliphatic heterocycles. The summed E-state index contributed by atoms with van der Waals surface area (Å²) in [6.07, 6.45) is 1.83. The monoisotopic (exact) mass is 221 g/mol. The van der Waals surface area contributed by atoms with Crippen LogP contribution >= 0.6 is 0 Å². The second-order valence-corrected chi connectivity index (χ2v) is 3.58. The minimum atomic E-state index is -1.07. The van der Waals surface area contributed by atoms with Crippen LogP contribution in [0.1, 0.15) is 16.9 Å². The number of aromatic nitrogens is 1. The van der Waals surface area contributed by atoms with Crippen LogP contribution in [0.3, 0.4) is 0 Å². The Morgan fingerprint density at radius 2 is 2.44 bits per heavy atom. The largest absolute Gasteiger partial charge is 0.477 e.